The van der Waals surface area contributed by atoms with Gasteiger partial charge < -0.3 is 0 Å². The molecule has 2 atom stereocenters. The zero-order valence-electron chi connectivity index (χ0n) is 26.8. The predicted molar refractivity (Wildman–Crippen MR) is 170 cm³/mol. The number of rotatable bonds is 29. The molecule has 0 bridgehead atoms. The van der Waals surface area contributed by atoms with Gasteiger partial charge in [-0.2, -0.15) is 0 Å². The van der Waals surface area contributed by atoms with Crippen LogP contribution < -0.4 is 4.57 Å². The van der Waals surface area contributed by atoms with Gasteiger partial charge in [-0.25, -0.2) is 9.55 Å². The van der Waals surface area contributed by atoms with Crippen molar-refractivity contribution in [3.8, 4) is 0 Å². The van der Waals surface area contributed by atoms with E-state index in [2.05, 4.69) is 49.6 Å². The Kier molecular flexibility index (Phi) is 24.5. The lowest BCUT2D eigenvalue weighted by molar-refractivity contribution is -0.727. The lowest BCUT2D eigenvalue weighted by Gasteiger charge is -2.17. The van der Waals surface area contributed by atoms with Gasteiger partial charge in [-0.15, -0.1) is 0 Å². The summed E-state index contributed by atoms with van der Waals surface area (Å²) in [5.74, 6) is 2.23. The number of nitrogens with one attached hydrogen (secondary N) is 1. The first kappa shape index (κ1) is 35.2. The second-order valence-corrected chi connectivity index (χ2v) is 12.6. The van der Waals surface area contributed by atoms with Gasteiger partial charge in [0.25, 0.3) is 5.82 Å². The lowest BCUT2D eigenvalue weighted by atomic mass is 9.93. The van der Waals surface area contributed by atoms with Crippen LogP contribution in [0.4, 0.5) is 0 Å². The molecular formula is C36H71N2+. The van der Waals surface area contributed by atoms with Crippen molar-refractivity contribution in [3.05, 3.63) is 18.2 Å². The molecule has 2 heteroatoms. The fourth-order valence-corrected chi connectivity index (χ4v) is 6.24. The maximum Gasteiger partial charge on any atom is 0.257 e. The van der Waals surface area contributed by atoms with E-state index in [-0.39, 0.29) is 0 Å². The summed E-state index contributed by atoms with van der Waals surface area (Å²) in [5.41, 5.74) is 0. The van der Waals surface area contributed by atoms with Gasteiger partial charge in [0.2, 0.25) is 0 Å². The summed E-state index contributed by atoms with van der Waals surface area (Å²) in [4.78, 5) is 3.69. The van der Waals surface area contributed by atoms with Crippen molar-refractivity contribution in [2.75, 3.05) is 0 Å². The van der Waals surface area contributed by atoms with Gasteiger partial charge in [0, 0.05) is 0 Å². The average Bonchev–Trinajstić information content (AvgIpc) is 3.42. The molecule has 224 valence electrons. The summed E-state index contributed by atoms with van der Waals surface area (Å²) in [6.45, 7) is 9.41. The van der Waals surface area contributed by atoms with E-state index in [0.717, 1.165) is 0 Å². The monoisotopic (exact) mass is 532 g/mol. The molecule has 1 rings (SSSR count). The summed E-state index contributed by atoms with van der Waals surface area (Å²) in [6, 6.07) is 0.622. The lowest BCUT2D eigenvalue weighted by Crippen LogP contribution is -2.41. The normalized spacial score (nSPS) is 13.3. The highest BCUT2D eigenvalue weighted by atomic mass is 15.1. The number of imidazole rings is 1. The molecule has 0 amide bonds. The van der Waals surface area contributed by atoms with Gasteiger partial charge in [-0.05, 0) is 32.6 Å². The molecule has 1 aromatic rings. The van der Waals surface area contributed by atoms with E-state index < -0.39 is 0 Å². The van der Waals surface area contributed by atoms with Gasteiger partial charge >= 0.3 is 0 Å². The molecule has 0 aliphatic rings. The van der Waals surface area contributed by atoms with Gasteiger partial charge in [0.1, 0.15) is 12.4 Å². The Labute approximate surface area is 240 Å². The minimum Gasteiger partial charge on any atom is -0.247 e. The maximum atomic E-state index is 3.69. The third kappa shape index (κ3) is 18.5. The summed E-state index contributed by atoms with van der Waals surface area (Å²) < 4.78 is 2.61. The van der Waals surface area contributed by atoms with Crippen LogP contribution in [0.2, 0.25) is 0 Å². The van der Waals surface area contributed by atoms with Crippen LogP contribution in [-0.2, 0) is 0 Å². The number of hydrogen-bond donors (Lipinski definition) is 1. The van der Waals surface area contributed by atoms with Gasteiger partial charge in [0.05, 0.1) is 12.0 Å². The molecule has 0 spiro atoms. The summed E-state index contributed by atoms with van der Waals surface area (Å²) in [7, 11) is 0. The van der Waals surface area contributed by atoms with Crippen molar-refractivity contribution >= 4 is 0 Å². The molecule has 1 aromatic heterocycles. The minimum atomic E-state index is 0.622. The van der Waals surface area contributed by atoms with Crippen LogP contribution in [0.1, 0.15) is 219 Å². The van der Waals surface area contributed by atoms with Crippen molar-refractivity contribution in [3.63, 3.8) is 0 Å². The van der Waals surface area contributed by atoms with Crippen LogP contribution >= 0.6 is 0 Å². The predicted octanol–water partition coefficient (Wildman–Crippen LogP) is 12.5. The molecule has 0 aromatic carbocycles. The van der Waals surface area contributed by atoms with Crippen molar-refractivity contribution in [1.82, 2.24) is 4.98 Å². The molecule has 1 N–H and O–H groups in total. The van der Waals surface area contributed by atoms with Crippen LogP contribution in [0.3, 0.4) is 0 Å². The summed E-state index contributed by atoms with van der Waals surface area (Å²) >= 11 is 0. The Morgan fingerprint density at radius 3 is 1.32 bits per heavy atom. The van der Waals surface area contributed by atoms with Gasteiger partial charge in [-0.1, -0.05) is 168 Å². The summed E-state index contributed by atoms with van der Waals surface area (Å²) in [5, 5.41) is 0. The first-order chi connectivity index (χ1) is 18.7. The van der Waals surface area contributed by atoms with Crippen LogP contribution in [0, 0.1) is 0 Å². The highest BCUT2D eigenvalue weighted by molar-refractivity contribution is 4.90. The largest absolute Gasteiger partial charge is 0.257 e. The van der Waals surface area contributed by atoms with Crippen molar-refractivity contribution in [1.29, 1.82) is 0 Å². The number of unbranched alkanes of at least 4 members (excludes halogenated alkanes) is 21. The Balaban J connectivity index is 2.25. The zero-order valence-corrected chi connectivity index (χ0v) is 26.8. The molecule has 1 heterocycles. The number of hydrogen-bond acceptors (Lipinski definition) is 0. The SMILES string of the molecule is CCCCCCCCCCCCCCC(CCCC)c1[nH]cc[n+]1C(C)CCCCCCCCCCCC. The standard InChI is InChI=1S/C36H70N2/c1-5-8-11-13-15-17-19-20-22-24-26-28-31-35(30-10-7-3)36-37-32-33-38(36)34(4)29-27-25-23-21-18-16-14-12-9-6-2/h32-35H,5-31H2,1-4H3/p+1. The maximum absolute atomic E-state index is 3.69. The van der Waals surface area contributed by atoms with E-state index in [1.54, 1.807) is 0 Å². The Hall–Kier alpha value is -0.790. The van der Waals surface area contributed by atoms with E-state index in [1.807, 2.05) is 0 Å². The molecule has 0 saturated carbocycles. The quantitative estimate of drug-likeness (QED) is 0.0783. The second-order valence-electron chi connectivity index (χ2n) is 12.6. The average molecular weight is 532 g/mol. The number of aromatic amines is 1. The highest BCUT2D eigenvalue weighted by Gasteiger charge is 2.25. The fourth-order valence-electron chi connectivity index (χ4n) is 6.24. The smallest absolute Gasteiger partial charge is 0.247 e. The van der Waals surface area contributed by atoms with E-state index >= 15 is 0 Å². The fraction of sp³-hybridized carbons (Fsp3) is 0.917. The van der Waals surface area contributed by atoms with Gasteiger partial charge in [-0.3, -0.25) is 0 Å². The van der Waals surface area contributed by atoms with Crippen LogP contribution in [0.25, 0.3) is 0 Å². The number of nitrogens with zero attached hydrogens (tertiary/aromatic N) is 1. The molecule has 0 aliphatic heterocycles. The van der Waals surface area contributed by atoms with Crippen molar-refractivity contribution in [2.24, 2.45) is 0 Å². The molecule has 0 radical (unpaired) electrons. The third-order valence-corrected chi connectivity index (χ3v) is 8.89. The molecule has 0 fully saturated rings. The van der Waals surface area contributed by atoms with Crippen LogP contribution in [0.15, 0.2) is 12.4 Å². The molecule has 0 aliphatic carbocycles. The van der Waals surface area contributed by atoms with E-state index in [0.29, 0.717) is 12.0 Å². The van der Waals surface area contributed by atoms with E-state index in [1.165, 1.54) is 179 Å². The first-order valence-electron chi connectivity index (χ1n) is 17.8. The molecule has 0 saturated heterocycles. The third-order valence-electron chi connectivity index (χ3n) is 8.89. The number of H-pyrrole nitrogens is 1. The van der Waals surface area contributed by atoms with E-state index in [4.69, 9.17) is 0 Å². The molecule has 2 nitrogen and oxygen atoms in total. The van der Waals surface area contributed by atoms with Crippen LogP contribution in [0.5, 0.6) is 0 Å². The molecular weight excluding hydrogens is 460 g/mol. The van der Waals surface area contributed by atoms with Gasteiger partial charge in [0.15, 0.2) is 0 Å². The van der Waals surface area contributed by atoms with E-state index in [9.17, 15) is 0 Å². The Morgan fingerprint density at radius 2 is 0.868 bits per heavy atom. The minimum absolute atomic E-state index is 0.622. The Bertz CT molecular complexity index is 592. The molecule has 38 heavy (non-hydrogen) atoms. The Morgan fingerprint density at radius 1 is 0.500 bits per heavy atom. The first-order valence-corrected chi connectivity index (χ1v) is 17.8. The second kappa shape index (κ2) is 26.4. The topological polar surface area (TPSA) is 19.7 Å². The number of aromatic nitrogens is 2. The molecule has 2 unspecified atom stereocenters. The van der Waals surface area contributed by atoms with Crippen molar-refractivity contribution in [2.45, 2.75) is 213 Å². The summed E-state index contributed by atoms with van der Waals surface area (Å²) in [6.07, 6.45) is 42.8. The van der Waals surface area contributed by atoms with Crippen molar-refractivity contribution < 1.29 is 4.57 Å². The highest BCUT2D eigenvalue weighted by Crippen LogP contribution is 2.26. The van der Waals surface area contributed by atoms with Crippen LogP contribution in [-0.4, -0.2) is 4.98 Å². The zero-order chi connectivity index (χ0) is 27.5.